The lowest BCUT2D eigenvalue weighted by molar-refractivity contribution is -0.137. The Kier molecular flexibility index (Phi) is 12.4. The summed E-state index contributed by atoms with van der Waals surface area (Å²) in [5.74, 6) is -1.72. The third kappa shape index (κ3) is 8.63. The molecule has 55 heavy (non-hydrogen) atoms. The average Bonchev–Trinajstić information content (AvgIpc) is 3.94. The third-order valence-electron chi connectivity index (χ3n) is 9.92. The number of hydrogen-bond acceptors (Lipinski definition) is 11. The molecule has 4 aromatic rings. The fourth-order valence-electron chi connectivity index (χ4n) is 7.18. The summed E-state index contributed by atoms with van der Waals surface area (Å²) in [4.78, 5) is 23.3. The minimum Gasteiger partial charge on any atom is -0.467 e. The highest BCUT2D eigenvalue weighted by molar-refractivity contribution is 7.23. The maximum absolute atomic E-state index is 15.9. The molecule has 0 saturated carbocycles. The zero-order valence-electron chi connectivity index (χ0n) is 30.3. The van der Waals surface area contributed by atoms with E-state index in [2.05, 4.69) is 20.2 Å². The monoisotopic (exact) mass is 793 g/mol. The van der Waals surface area contributed by atoms with Crippen LogP contribution in [0.2, 0.25) is 0 Å². The SMILES string of the molecule is CCNc1nc(OC)nc2c(F)c(-c3ccc(F)c4sc(N)c(C#N)c34)c(C(F)(F)F)cc12.FC1CC2CCCN2C1.O=C(OCC1COC1)N1CCCC1. The number of nitrogens with zero attached hydrogens (tertiary/aromatic N) is 5. The van der Waals surface area contributed by atoms with Crippen molar-refractivity contribution in [2.75, 3.05) is 70.7 Å². The van der Waals surface area contributed by atoms with Crippen molar-refractivity contribution in [1.29, 1.82) is 5.26 Å². The quantitative estimate of drug-likeness (QED) is 0.186. The van der Waals surface area contributed by atoms with E-state index in [4.69, 9.17) is 19.9 Å². The number of fused-ring (bicyclic) bond motifs is 3. The van der Waals surface area contributed by atoms with Gasteiger partial charge < -0.3 is 30.2 Å². The fourth-order valence-corrected chi connectivity index (χ4v) is 8.13. The maximum atomic E-state index is 15.9. The van der Waals surface area contributed by atoms with E-state index in [0.29, 0.717) is 36.4 Å². The Labute approximate surface area is 317 Å². The van der Waals surface area contributed by atoms with Crippen molar-refractivity contribution < 1.29 is 45.3 Å². The molecule has 0 bridgehead atoms. The van der Waals surface area contributed by atoms with Crippen LogP contribution < -0.4 is 15.8 Å². The van der Waals surface area contributed by atoms with E-state index in [9.17, 15) is 32.0 Å². The summed E-state index contributed by atoms with van der Waals surface area (Å²) < 4.78 is 100. The van der Waals surface area contributed by atoms with E-state index in [1.54, 1.807) is 17.9 Å². The highest BCUT2D eigenvalue weighted by atomic mass is 32.1. The molecule has 0 aliphatic carbocycles. The summed E-state index contributed by atoms with van der Waals surface area (Å²) in [7, 11) is 1.23. The molecule has 2 aromatic heterocycles. The molecule has 18 heteroatoms. The minimum atomic E-state index is -5.00. The van der Waals surface area contributed by atoms with Crippen LogP contribution in [0.4, 0.5) is 42.0 Å². The number of nitrogen functional groups attached to an aromatic ring is 1. The number of likely N-dealkylation sites (tertiary alicyclic amines) is 1. The Morgan fingerprint density at radius 1 is 1.16 bits per heavy atom. The standard InChI is InChI=1S/C21H14F5N5OS.C9H15NO3.C7H12FN/c1-3-29-19-9-6-11(21(24,25)26)14(15(23)16(9)30-20(31-19)32-2)8-4-5-12(22)17-13(8)10(7-27)18(28)33-17;11-9(10-3-1-2-4-10)13-7-8-5-12-6-8;8-6-4-7-2-1-3-9(7)5-6/h4-6H,3,28H2,1-2H3,(H,29,30,31);8H,1-7H2;6-7H,1-5H2. The average molecular weight is 794 g/mol. The van der Waals surface area contributed by atoms with Crippen LogP contribution >= 0.6 is 11.3 Å². The van der Waals surface area contributed by atoms with Gasteiger partial charge in [-0.1, -0.05) is 6.07 Å². The molecule has 2 unspecified atom stereocenters. The predicted molar refractivity (Wildman–Crippen MR) is 196 cm³/mol. The van der Waals surface area contributed by atoms with Crippen LogP contribution in [0.25, 0.3) is 32.1 Å². The summed E-state index contributed by atoms with van der Waals surface area (Å²) in [5.41, 5.74) is 2.59. The first-order chi connectivity index (χ1) is 26.3. The number of aromatic nitrogens is 2. The summed E-state index contributed by atoms with van der Waals surface area (Å²) in [6.07, 6.45) is -0.107. The number of nitriles is 1. The van der Waals surface area contributed by atoms with Gasteiger partial charge in [0.05, 0.1) is 36.2 Å². The van der Waals surface area contributed by atoms with Crippen molar-refractivity contribution >= 4 is 49.2 Å². The van der Waals surface area contributed by atoms with E-state index in [0.717, 1.165) is 70.3 Å². The fraction of sp³-hybridized carbons (Fsp3) is 0.514. The largest absolute Gasteiger partial charge is 0.467 e. The van der Waals surface area contributed by atoms with E-state index in [-0.39, 0.29) is 56.1 Å². The number of nitrogens with two attached hydrogens (primary N) is 1. The van der Waals surface area contributed by atoms with Gasteiger partial charge in [0.2, 0.25) is 0 Å². The lowest BCUT2D eigenvalue weighted by Crippen LogP contribution is -2.35. The van der Waals surface area contributed by atoms with Crippen LogP contribution in [0.5, 0.6) is 6.01 Å². The lowest BCUT2D eigenvalue weighted by Gasteiger charge is -2.26. The van der Waals surface area contributed by atoms with Gasteiger partial charge in [0, 0.05) is 54.5 Å². The first-order valence-corrected chi connectivity index (χ1v) is 18.8. The van der Waals surface area contributed by atoms with Gasteiger partial charge in [0.1, 0.15) is 41.0 Å². The van der Waals surface area contributed by atoms with Crippen LogP contribution in [-0.2, 0) is 15.7 Å². The third-order valence-corrected chi connectivity index (χ3v) is 10.9. The number of carbonyl (C=O) groups excluding carboxylic acids is 1. The van der Waals surface area contributed by atoms with Crippen LogP contribution in [0.3, 0.4) is 0 Å². The zero-order valence-corrected chi connectivity index (χ0v) is 31.1. The van der Waals surface area contributed by atoms with Crippen molar-refractivity contribution in [1.82, 2.24) is 19.8 Å². The van der Waals surface area contributed by atoms with Gasteiger partial charge in [-0.25, -0.2) is 18.0 Å². The molecule has 4 aliphatic heterocycles. The molecule has 4 fully saturated rings. The molecule has 0 spiro atoms. The number of benzene rings is 2. The van der Waals surface area contributed by atoms with Crippen molar-refractivity contribution in [3.8, 4) is 23.2 Å². The van der Waals surface area contributed by atoms with Gasteiger partial charge in [-0.15, -0.1) is 11.3 Å². The van der Waals surface area contributed by atoms with Crippen LogP contribution in [-0.4, -0.2) is 97.7 Å². The number of hydrogen-bond donors (Lipinski definition) is 2. The first-order valence-electron chi connectivity index (χ1n) is 18.0. The molecule has 296 valence electrons. The molecule has 1 amide bonds. The molecule has 8 rings (SSSR count). The van der Waals surface area contributed by atoms with Gasteiger partial charge in [-0.05, 0) is 63.3 Å². The molecular weight excluding hydrogens is 753 g/mol. The number of alkyl halides is 4. The molecule has 2 atom stereocenters. The number of rotatable bonds is 6. The highest BCUT2D eigenvalue weighted by Gasteiger charge is 2.38. The normalized spacial score (nSPS) is 19.6. The number of carbonyl (C=O) groups is 1. The Morgan fingerprint density at radius 2 is 1.91 bits per heavy atom. The van der Waals surface area contributed by atoms with Crippen molar-refractivity contribution in [3.05, 3.63) is 41.0 Å². The van der Waals surface area contributed by atoms with E-state index < -0.39 is 40.6 Å². The van der Waals surface area contributed by atoms with Gasteiger partial charge in [0.15, 0.2) is 5.82 Å². The van der Waals surface area contributed by atoms with Crippen LogP contribution in [0.15, 0.2) is 18.2 Å². The van der Waals surface area contributed by atoms with Gasteiger partial charge >= 0.3 is 18.3 Å². The Balaban J connectivity index is 0.000000187. The van der Waals surface area contributed by atoms with Gasteiger partial charge in [0.25, 0.3) is 0 Å². The first kappa shape index (κ1) is 40.1. The van der Waals surface area contributed by atoms with Gasteiger partial charge in [-0.3, -0.25) is 4.90 Å². The van der Waals surface area contributed by atoms with E-state index >= 15 is 4.39 Å². The highest BCUT2D eigenvalue weighted by Crippen LogP contribution is 2.47. The summed E-state index contributed by atoms with van der Waals surface area (Å²) >= 11 is 0.698. The number of ether oxygens (including phenoxy) is 3. The number of amides is 1. The smallest absolute Gasteiger partial charge is 0.417 e. The van der Waals surface area contributed by atoms with Crippen molar-refractivity contribution in [3.63, 3.8) is 0 Å². The molecule has 4 saturated heterocycles. The number of anilines is 2. The maximum Gasteiger partial charge on any atom is 0.417 e. The Hall–Kier alpha value is -4.60. The number of halogens is 6. The molecule has 2 aromatic carbocycles. The van der Waals surface area contributed by atoms with Crippen LogP contribution in [0.1, 0.15) is 50.2 Å². The second-order valence-electron chi connectivity index (χ2n) is 13.6. The molecule has 6 heterocycles. The van der Waals surface area contributed by atoms with Crippen LogP contribution in [0, 0.1) is 28.9 Å². The zero-order chi connectivity index (χ0) is 39.4. The minimum absolute atomic E-state index is 0.0444. The second kappa shape index (κ2) is 17.0. The molecule has 0 radical (unpaired) electrons. The van der Waals surface area contributed by atoms with Crippen molar-refractivity contribution in [2.45, 2.75) is 57.4 Å². The Bertz CT molecular complexity index is 2050. The second-order valence-corrected chi connectivity index (χ2v) is 14.7. The predicted octanol–water partition coefficient (Wildman–Crippen LogP) is 7.76. The van der Waals surface area contributed by atoms with E-state index in [1.807, 2.05) is 0 Å². The van der Waals surface area contributed by atoms with Gasteiger partial charge in [-0.2, -0.15) is 28.4 Å². The summed E-state index contributed by atoms with van der Waals surface area (Å²) in [5, 5.41) is 11.8. The molecule has 11 nitrogen and oxygen atoms in total. The molecular formula is C37H41F6N7O4S. The number of nitrogens with one attached hydrogen (secondary N) is 1. The van der Waals surface area contributed by atoms with Crippen molar-refractivity contribution in [2.24, 2.45) is 5.92 Å². The van der Waals surface area contributed by atoms with E-state index in [1.165, 1.54) is 20.0 Å². The molecule has 4 aliphatic rings. The molecule has 3 N–H and O–H groups in total. The summed E-state index contributed by atoms with van der Waals surface area (Å²) in [6.45, 7) is 7.57. The Morgan fingerprint density at radius 3 is 2.53 bits per heavy atom. The topological polar surface area (TPSA) is 139 Å². The summed E-state index contributed by atoms with van der Waals surface area (Å²) in [6, 6.07) is 4.75. The number of thiophene rings is 1. The lowest BCUT2D eigenvalue weighted by atomic mass is 9.92. The number of methoxy groups -OCH3 is 1.